The van der Waals surface area contributed by atoms with Crippen LogP contribution in [0.1, 0.15) is 11.1 Å². The van der Waals surface area contributed by atoms with Crippen molar-refractivity contribution in [2.75, 3.05) is 6.26 Å². The van der Waals surface area contributed by atoms with Crippen molar-refractivity contribution in [2.24, 2.45) is 0 Å². The number of rotatable bonds is 1. The number of phenolic OH excluding ortho intramolecular Hbond substituents is 1. The molecule has 0 aromatic heterocycles. The van der Waals surface area contributed by atoms with E-state index in [0.717, 1.165) is 0 Å². The van der Waals surface area contributed by atoms with Crippen LogP contribution in [0.5, 0.6) is 5.75 Å². The summed E-state index contributed by atoms with van der Waals surface area (Å²) in [5, 5.41) is 9.07. The Kier molecular flexibility index (Phi) is 3.56. The normalized spacial score (nSPS) is 12.9. The Bertz CT molecular complexity index is 423. The maximum absolute atomic E-state index is 12.5. The molecule has 0 aliphatic heterocycles. The Morgan fingerprint density at radius 3 is 1.88 bits per heavy atom. The van der Waals surface area contributed by atoms with Crippen molar-refractivity contribution in [3.63, 3.8) is 0 Å². The molecule has 1 rings (SSSR count). The molecule has 0 heterocycles. The van der Waals surface area contributed by atoms with Crippen molar-refractivity contribution in [1.29, 1.82) is 0 Å². The summed E-state index contributed by atoms with van der Waals surface area (Å²) in [6, 6.07) is 0.440. The van der Waals surface area contributed by atoms with Gasteiger partial charge in [0, 0.05) is 4.90 Å². The molecular formula is C9H6F6OS. The van der Waals surface area contributed by atoms with E-state index in [0.29, 0.717) is 17.8 Å². The van der Waals surface area contributed by atoms with Gasteiger partial charge in [0.05, 0.1) is 5.56 Å². The van der Waals surface area contributed by atoms with Gasteiger partial charge in [-0.05, 0) is 18.4 Å². The van der Waals surface area contributed by atoms with Gasteiger partial charge in [-0.2, -0.15) is 26.3 Å². The van der Waals surface area contributed by atoms with Crippen LogP contribution in [0.25, 0.3) is 0 Å². The lowest BCUT2D eigenvalue weighted by Crippen LogP contribution is -2.11. The maximum atomic E-state index is 12.5. The van der Waals surface area contributed by atoms with Crippen molar-refractivity contribution in [1.82, 2.24) is 0 Å². The van der Waals surface area contributed by atoms with Crippen LogP contribution in [-0.4, -0.2) is 11.4 Å². The number of alkyl halides is 6. The highest BCUT2D eigenvalue weighted by atomic mass is 32.2. The SMILES string of the molecule is CSc1cc(C(F)(F)F)cc(O)c1C(F)(F)F. The average Bonchev–Trinajstić information content (AvgIpc) is 2.12. The topological polar surface area (TPSA) is 20.2 Å². The van der Waals surface area contributed by atoms with Gasteiger partial charge in [-0.15, -0.1) is 11.8 Å². The fraction of sp³-hybridized carbons (Fsp3) is 0.333. The molecule has 0 saturated heterocycles. The number of aromatic hydroxyl groups is 1. The highest BCUT2D eigenvalue weighted by Crippen LogP contribution is 2.44. The Balaban J connectivity index is 3.47. The zero-order valence-corrected chi connectivity index (χ0v) is 9.09. The molecule has 1 N–H and O–H groups in total. The molecule has 0 radical (unpaired) electrons. The molecule has 0 aliphatic rings. The zero-order valence-electron chi connectivity index (χ0n) is 8.28. The third-order valence-electron chi connectivity index (χ3n) is 1.91. The van der Waals surface area contributed by atoms with Gasteiger partial charge in [0.1, 0.15) is 11.3 Å². The molecule has 0 aliphatic carbocycles. The van der Waals surface area contributed by atoms with Crippen molar-refractivity contribution < 1.29 is 31.4 Å². The van der Waals surface area contributed by atoms with E-state index in [-0.39, 0.29) is 6.07 Å². The Hall–Kier alpha value is -1.05. The standard InChI is InChI=1S/C9H6F6OS/c1-17-6-3-4(8(10,11)12)2-5(16)7(6)9(13,14)15/h2-3,16H,1H3. The molecule has 96 valence electrons. The second-order valence-corrected chi connectivity index (χ2v) is 3.92. The molecule has 0 saturated carbocycles. The van der Waals surface area contributed by atoms with Gasteiger partial charge in [-0.3, -0.25) is 0 Å². The highest BCUT2D eigenvalue weighted by molar-refractivity contribution is 7.98. The Morgan fingerprint density at radius 2 is 1.53 bits per heavy atom. The molecular weight excluding hydrogens is 270 g/mol. The second kappa shape index (κ2) is 4.32. The first kappa shape index (κ1) is 14.0. The van der Waals surface area contributed by atoms with E-state index < -0.39 is 34.1 Å². The number of halogens is 6. The van der Waals surface area contributed by atoms with Crippen LogP contribution < -0.4 is 0 Å². The molecule has 0 spiro atoms. The first-order valence-electron chi connectivity index (χ1n) is 4.12. The van der Waals surface area contributed by atoms with Crippen LogP contribution in [0.2, 0.25) is 0 Å². The Morgan fingerprint density at radius 1 is 1.00 bits per heavy atom. The zero-order chi connectivity index (χ0) is 13.4. The summed E-state index contributed by atoms with van der Waals surface area (Å²) >= 11 is 0.487. The molecule has 0 bridgehead atoms. The largest absolute Gasteiger partial charge is 0.507 e. The number of phenols is 1. The maximum Gasteiger partial charge on any atom is 0.421 e. The summed E-state index contributed by atoms with van der Waals surface area (Å²) in [6.45, 7) is 0. The summed E-state index contributed by atoms with van der Waals surface area (Å²) < 4.78 is 74.3. The minimum atomic E-state index is -4.90. The van der Waals surface area contributed by atoms with Crippen LogP contribution in [0.4, 0.5) is 26.3 Å². The minimum Gasteiger partial charge on any atom is -0.507 e. The third kappa shape index (κ3) is 2.99. The van der Waals surface area contributed by atoms with Crippen molar-refractivity contribution >= 4 is 11.8 Å². The summed E-state index contributed by atoms with van der Waals surface area (Å²) in [5.41, 5.74) is -2.76. The number of thioether (sulfide) groups is 1. The van der Waals surface area contributed by atoms with Crippen LogP contribution in [0.3, 0.4) is 0 Å². The van der Waals surface area contributed by atoms with Gasteiger partial charge in [0.15, 0.2) is 0 Å². The van der Waals surface area contributed by atoms with Gasteiger partial charge in [0.2, 0.25) is 0 Å². The lowest BCUT2D eigenvalue weighted by atomic mass is 10.1. The summed E-state index contributed by atoms with van der Waals surface area (Å²) in [4.78, 5) is -0.662. The Labute approximate surface area is 96.4 Å². The second-order valence-electron chi connectivity index (χ2n) is 3.07. The summed E-state index contributed by atoms with van der Waals surface area (Å²) in [6.07, 6.45) is -8.50. The highest BCUT2D eigenvalue weighted by Gasteiger charge is 2.40. The molecule has 1 aromatic rings. The van der Waals surface area contributed by atoms with E-state index in [1.54, 1.807) is 0 Å². The van der Waals surface area contributed by atoms with Crippen LogP contribution in [0.15, 0.2) is 17.0 Å². The molecule has 0 unspecified atom stereocenters. The van der Waals surface area contributed by atoms with Gasteiger partial charge < -0.3 is 5.11 Å². The smallest absolute Gasteiger partial charge is 0.421 e. The van der Waals surface area contributed by atoms with Crippen molar-refractivity contribution in [2.45, 2.75) is 17.2 Å². The molecule has 17 heavy (non-hydrogen) atoms. The van der Waals surface area contributed by atoms with Crippen LogP contribution in [0, 0.1) is 0 Å². The van der Waals surface area contributed by atoms with E-state index in [1.807, 2.05) is 0 Å². The number of hydrogen-bond acceptors (Lipinski definition) is 2. The fourth-order valence-electron chi connectivity index (χ4n) is 1.21. The van der Waals surface area contributed by atoms with E-state index in [9.17, 15) is 26.3 Å². The third-order valence-corrected chi connectivity index (χ3v) is 2.67. The number of hydrogen-bond donors (Lipinski definition) is 1. The van der Waals surface area contributed by atoms with Crippen molar-refractivity contribution in [3.8, 4) is 5.75 Å². The molecule has 1 aromatic carbocycles. The van der Waals surface area contributed by atoms with Gasteiger partial charge >= 0.3 is 12.4 Å². The molecule has 0 atom stereocenters. The van der Waals surface area contributed by atoms with Gasteiger partial charge in [-0.25, -0.2) is 0 Å². The first-order valence-corrected chi connectivity index (χ1v) is 5.35. The molecule has 0 amide bonds. The molecule has 8 heteroatoms. The first-order chi connectivity index (χ1) is 7.57. The predicted octanol–water partition coefficient (Wildman–Crippen LogP) is 4.15. The summed E-state index contributed by atoms with van der Waals surface area (Å²) in [7, 11) is 0. The fourth-order valence-corrected chi connectivity index (χ4v) is 1.88. The lowest BCUT2D eigenvalue weighted by molar-refractivity contribution is -0.144. The van der Waals surface area contributed by atoms with E-state index in [2.05, 4.69) is 0 Å². The quantitative estimate of drug-likeness (QED) is 0.614. The monoisotopic (exact) mass is 276 g/mol. The minimum absolute atomic E-state index is 0.0720. The van der Waals surface area contributed by atoms with E-state index in [1.165, 1.54) is 6.26 Å². The van der Waals surface area contributed by atoms with E-state index in [4.69, 9.17) is 5.11 Å². The molecule has 1 nitrogen and oxygen atoms in total. The van der Waals surface area contributed by atoms with Crippen LogP contribution >= 0.6 is 11.8 Å². The van der Waals surface area contributed by atoms with Crippen LogP contribution in [-0.2, 0) is 12.4 Å². The molecule has 0 fully saturated rings. The summed E-state index contributed by atoms with van der Waals surface area (Å²) in [5.74, 6) is -1.42. The average molecular weight is 276 g/mol. The predicted molar refractivity (Wildman–Crippen MR) is 49.9 cm³/mol. The van der Waals surface area contributed by atoms with Crippen molar-refractivity contribution in [3.05, 3.63) is 23.3 Å². The van der Waals surface area contributed by atoms with Gasteiger partial charge in [-0.1, -0.05) is 0 Å². The van der Waals surface area contributed by atoms with Gasteiger partial charge in [0.25, 0.3) is 0 Å². The number of benzene rings is 1. The lowest BCUT2D eigenvalue weighted by Gasteiger charge is -2.16. The van der Waals surface area contributed by atoms with E-state index >= 15 is 0 Å².